The molecule has 2 atom stereocenters. The Labute approximate surface area is 142 Å². The number of carbonyl (C=O) groups excluding carboxylic acids is 2. The molecule has 0 aliphatic heterocycles. The molecule has 0 amide bonds. The first kappa shape index (κ1) is 20.2. The van der Waals surface area contributed by atoms with E-state index in [-0.39, 0.29) is 0 Å². The van der Waals surface area contributed by atoms with Gasteiger partial charge < -0.3 is 9.47 Å². The lowest BCUT2D eigenvalue weighted by atomic mass is 9.85. The molecule has 0 aromatic heterocycles. The molecule has 0 aromatic carbocycles. The van der Waals surface area contributed by atoms with Gasteiger partial charge in [0.1, 0.15) is 0 Å². The molecule has 0 heterocycles. The van der Waals surface area contributed by atoms with Crippen LogP contribution in [0.4, 0.5) is 0 Å². The molecule has 0 bridgehead atoms. The van der Waals surface area contributed by atoms with Crippen molar-refractivity contribution < 1.29 is 19.1 Å². The molecule has 1 fully saturated rings. The monoisotopic (exact) mass is 342 g/mol. The largest absolute Gasteiger partial charge is 0.468 e. The third-order valence-corrected chi connectivity index (χ3v) is 12.4. The van der Waals surface area contributed by atoms with Gasteiger partial charge in [-0.25, -0.2) is 0 Å². The molecular weight excluding hydrogens is 308 g/mol. The van der Waals surface area contributed by atoms with Crippen LogP contribution in [-0.2, 0) is 19.1 Å². The molecule has 1 saturated carbocycles. The minimum Gasteiger partial charge on any atom is -0.468 e. The highest BCUT2D eigenvalue weighted by Gasteiger charge is 2.57. The summed E-state index contributed by atoms with van der Waals surface area (Å²) in [7, 11) is 1.43. The SMILES string of the molecule is CC[C@H]1CC(C(=O)OC)(C(=O)OC)C[C@@H]1C[Si](CC)(CC)CC. The zero-order chi connectivity index (χ0) is 17.7. The standard InChI is InChI=1S/C18H34O4Si/c1-7-14-11-18(16(19)21-5,17(20)22-6)12-15(14)13-23(8-2,9-3)10-4/h14-15H,7-13H2,1-6H3/t14-,15+/m0/s1. The summed E-state index contributed by atoms with van der Waals surface area (Å²) in [5.74, 6) is 0.0126. The molecule has 4 nitrogen and oxygen atoms in total. The smallest absolute Gasteiger partial charge is 0.323 e. The van der Waals surface area contributed by atoms with Crippen molar-refractivity contribution in [2.75, 3.05) is 14.2 Å². The van der Waals surface area contributed by atoms with Gasteiger partial charge in [-0.05, 0) is 24.7 Å². The van der Waals surface area contributed by atoms with Crippen LogP contribution in [-0.4, -0.2) is 34.2 Å². The summed E-state index contributed by atoms with van der Waals surface area (Å²) in [6.45, 7) is 9.09. The molecule has 0 N–H and O–H groups in total. The predicted molar refractivity (Wildman–Crippen MR) is 95.0 cm³/mol. The molecule has 1 aliphatic rings. The van der Waals surface area contributed by atoms with E-state index in [1.54, 1.807) is 0 Å². The normalized spacial score (nSPS) is 23.6. The number of ether oxygens (including phenoxy) is 2. The first-order chi connectivity index (χ1) is 10.9. The van der Waals surface area contributed by atoms with Gasteiger partial charge in [-0.2, -0.15) is 0 Å². The van der Waals surface area contributed by atoms with Crippen LogP contribution in [0, 0.1) is 17.3 Å². The molecule has 0 radical (unpaired) electrons. The van der Waals surface area contributed by atoms with Gasteiger partial charge in [0.2, 0.25) is 0 Å². The summed E-state index contributed by atoms with van der Waals surface area (Å²) in [6.07, 6.45) is 2.18. The first-order valence-electron chi connectivity index (χ1n) is 9.05. The van der Waals surface area contributed by atoms with Crippen LogP contribution >= 0.6 is 0 Å². The van der Waals surface area contributed by atoms with E-state index in [1.165, 1.54) is 38.4 Å². The molecule has 1 aliphatic carbocycles. The Morgan fingerprint density at radius 3 is 1.70 bits per heavy atom. The van der Waals surface area contributed by atoms with Crippen LogP contribution in [0.5, 0.6) is 0 Å². The lowest BCUT2D eigenvalue weighted by molar-refractivity contribution is -0.169. The Kier molecular flexibility index (Phi) is 7.30. The van der Waals surface area contributed by atoms with Crippen molar-refractivity contribution in [3.8, 4) is 0 Å². The van der Waals surface area contributed by atoms with E-state index in [2.05, 4.69) is 27.7 Å². The zero-order valence-electron chi connectivity index (χ0n) is 15.7. The Hall–Kier alpha value is -0.843. The third-order valence-electron chi connectivity index (χ3n) is 6.51. The van der Waals surface area contributed by atoms with Gasteiger partial charge in [-0.15, -0.1) is 0 Å². The fraction of sp³-hybridized carbons (Fsp3) is 0.889. The van der Waals surface area contributed by atoms with Crippen LogP contribution in [0.25, 0.3) is 0 Å². The Bertz CT molecular complexity index is 393. The maximum absolute atomic E-state index is 12.4. The number of hydrogen-bond donors (Lipinski definition) is 0. The predicted octanol–water partition coefficient (Wildman–Crippen LogP) is 4.26. The molecular formula is C18H34O4Si. The van der Waals surface area contributed by atoms with Crippen LogP contribution in [0.1, 0.15) is 47.0 Å². The minimum absolute atomic E-state index is 0.407. The lowest BCUT2D eigenvalue weighted by Crippen LogP contribution is -2.40. The molecule has 134 valence electrons. The average Bonchev–Trinajstić information content (AvgIpc) is 2.97. The summed E-state index contributed by atoms with van der Waals surface area (Å²) in [5.41, 5.74) is -1.08. The van der Waals surface area contributed by atoms with Crippen LogP contribution < -0.4 is 0 Å². The van der Waals surface area contributed by atoms with Crippen molar-refractivity contribution in [2.45, 2.75) is 71.1 Å². The van der Waals surface area contributed by atoms with Gasteiger partial charge >= 0.3 is 11.9 Å². The Morgan fingerprint density at radius 2 is 1.35 bits per heavy atom. The minimum atomic E-state index is -1.30. The highest BCUT2D eigenvalue weighted by Crippen LogP contribution is 2.52. The molecule has 23 heavy (non-hydrogen) atoms. The highest BCUT2D eigenvalue weighted by atomic mass is 28.3. The summed E-state index contributed by atoms with van der Waals surface area (Å²) in [5, 5.41) is 0. The van der Waals surface area contributed by atoms with E-state index >= 15 is 0 Å². The van der Waals surface area contributed by atoms with Crippen molar-refractivity contribution in [3.05, 3.63) is 0 Å². The van der Waals surface area contributed by atoms with Crippen LogP contribution in [0.2, 0.25) is 24.2 Å². The van der Waals surface area contributed by atoms with Gasteiger partial charge in [0.15, 0.2) is 5.41 Å². The number of carbonyl (C=O) groups is 2. The van der Waals surface area contributed by atoms with Gasteiger partial charge in [0, 0.05) is 0 Å². The van der Waals surface area contributed by atoms with E-state index in [1.807, 2.05) is 0 Å². The second-order valence-electron chi connectivity index (χ2n) is 7.17. The van der Waals surface area contributed by atoms with Gasteiger partial charge in [-0.3, -0.25) is 9.59 Å². The van der Waals surface area contributed by atoms with Crippen molar-refractivity contribution in [1.82, 2.24) is 0 Å². The first-order valence-corrected chi connectivity index (χ1v) is 11.9. The van der Waals surface area contributed by atoms with Gasteiger partial charge in [-0.1, -0.05) is 58.3 Å². The van der Waals surface area contributed by atoms with Crippen molar-refractivity contribution in [3.63, 3.8) is 0 Å². The molecule has 0 unspecified atom stereocenters. The van der Waals surface area contributed by atoms with Crippen molar-refractivity contribution in [1.29, 1.82) is 0 Å². The molecule has 0 aromatic rings. The topological polar surface area (TPSA) is 52.6 Å². The lowest BCUT2D eigenvalue weighted by Gasteiger charge is -2.33. The number of rotatable bonds is 8. The van der Waals surface area contributed by atoms with E-state index in [0.29, 0.717) is 24.7 Å². The van der Waals surface area contributed by atoms with Gasteiger partial charge in [0.05, 0.1) is 22.3 Å². The van der Waals surface area contributed by atoms with E-state index in [4.69, 9.17) is 9.47 Å². The fourth-order valence-electron chi connectivity index (χ4n) is 4.57. The molecule has 0 saturated heterocycles. The number of esters is 2. The maximum Gasteiger partial charge on any atom is 0.323 e. The van der Waals surface area contributed by atoms with Crippen LogP contribution in [0.3, 0.4) is 0 Å². The summed E-state index contributed by atoms with van der Waals surface area (Å²) in [4.78, 5) is 24.8. The maximum atomic E-state index is 12.4. The summed E-state index contributed by atoms with van der Waals surface area (Å²) < 4.78 is 9.96. The summed E-state index contributed by atoms with van der Waals surface area (Å²) >= 11 is 0. The number of hydrogen-bond acceptors (Lipinski definition) is 4. The highest BCUT2D eigenvalue weighted by molar-refractivity contribution is 6.79. The zero-order valence-corrected chi connectivity index (χ0v) is 16.7. The van der Waals surface area contributed by atoms with Gasteiger partial charge in [0.25, 0.3) is 0 Å². The van der Waals surface area contributed by atoms with E-state index in [9.17, 15) is 9.59 Å². The molecule has 0 spiro atoms. The number of methoxy groups -OCH3 is 2. The fourth-order valence-corrected chi connectivity index (χ4v) is 8.53. The van der Waals surface area contributed by atoms with Crippen molar-refractivity contribution >= 4 is 20.0 Å². The Balaban J connectivity index is 3.11. The van der Waals surface area contributed by atoms with E-state index in [0.717, 1.165) is 6.42 Å². The molecule has 5 heteroatoms. The Morgan fingerprint density at radius 1 is 0.913 bits per heavy atom. The second-order valence-corrected chi connectivity index (χ2v) is 12.7. The summed E-state index contributed by atoms with van der Waals surface area (Å²) in [6, 6.07) is 5.04. The van der Waals surface area contributed by atoms with E-state index < -0.39 is 25.4 Å². The average molecular weight is 343 g/mol. The molecule has 1 rings (SSSR count). The third kappa shape index (κ3) is 3.81. The van der Waals surface area contributed by atoms with Crippen molar-refractivity contribution in [2.24, 2.45) is 17.3 Å². The second kappa shape index (κ2) is 8.31. The van der Waals surface area contributed by atoms with Crippen LogP contribution in [0.15, 0.2) is 0 Å². The quantitative estimate of drug-likeness (QED) is 0.376.